The maximum absolute atomic E-state index is 13.7. The van der Waals surface area contributed by atoms with E-state index in [4.69, 9.17) is 9.15 Å². The molecule has 0 bridgehead atoms. The zero-order chi connectivity index (χ0) is 25.5. The van der Waals surface area contributed by atoms with Crippen molar-refractivity contribution < 1.29 is 27.5 Å². The normalized spacial score (nSPS) is 15.8. The van der Waals surface area contributed by atoms with Gasteiger partial charge in [-0.2, -0.15) is 0 Å². The van der Waals surface area contributed by atoms with Gasteiger partial charge in [-0.3, -0.25) is 14.5 Å². The third-order valence-corrected chi connectivity index (χ3v) is 6.07. The molecule has 4 rings (SSSR count). The summed E-state index contributed by atoms with van der Waals surface area (Å²) >= 11 is 0. The van der Waals surface area contributed by atoms with Gasteiger partial charge in [-0.15, -0.1) is 0 Å². The maximum Gasteiger partial charge on any atom is 0.310 e. The third-order valence-electron chi connectivity index (χ3n) is 6.07. The van der Waals surface area contributed by atoms with Gasteiger partial charge in [0.15, 0.2) is 5.69 Å². The van der Waals surface area contributed by atoms with Gasteiger partial charge in [0.1, 0.15) is 17.9 Å². The number of esters is 1. The van der Waals surface area contributed by atoms with Crippen molar-refractivity contribution in [3.63, 3.8) is 0 Å². The second-order valence-electron chi connectivity index (χ2n) is 8.87. The standard InChI is InChI=1S/C27H29F2N3O4/c1-2-35-27(34)21-6-4-12-32(16-21)26(33)24-18-36-25(30-24)17-31(14-19-8-10-22(28)11-9-19)15-20-5-3-7-23(29)13-20/h3,5,7-11,13,18,21H,2,4,6,12,14-17H2,1H3/t21-/m1/s1. The molecule has 1 aromatic heterocycles. The molecule has 1 amide bonds. The predicted octanol–water partition coefficient (Wildman–Crippen LogP) is 4.57. The van der Waals surface area contributed by atoms with Crippen LogP contribution in [0.3, 0.4) is 0 Å². The lowest BCUT2D eigenvalue weighted by Gasteiger charge is -2.30. The Morgan fingerprint density at radius 1 is 1.08 bits per heavy atom. The van der Waals surface area contributed by atoms with Crippen LogP contribution in [0, 0.1) is 17.6 Å². The van der Waals surface area contributed by atoms with E-state index >= 15 is 0 Å². The molecule has 0 unspecified atom stereocenters. The average Bonchev–Trinajstić information content (AvgIpc) is 3.33. The third kappa shape index (κ3) is 6.75. The quantitative estimate of drug-likeness (QED) is 0.403. The summed E-state index contributed by atoms with van der Waals surface area (Å²) in [5.74, 6) is -1.25. The molecule has 1 fully saturated rings. The number of aromatic nitrogens is 1. The van der Waals surface area contributed by atoms with Crippen molar-refractivity contribution in [2.75, 3.05) is 19.7 Å². The monoisotopic (exact) mass is 497 g/mol. The van der Waals surface area contributed by atoms with Gasteiger partial charge < -0.3 is 14.1 Å². The fourth-order valence-corrected chi connectivity index (χ4v) is 4.36. The van der Waals surface area contributed by atoms with E-state index in [0.29, 0.717) is 45.0 Å². The van der Waals surface area contributed by atoms with Gasteiger partial charge in [0, 0.05) is 26.2 Å². The number of hydrogen-bond donors (Lipinski definition) is 0. The highest BCUT2D eigenvalue weighted by Crippen LogP contribution is 2.21. The molecule has 1 aliphatic heterocycles. The van der Waals surface area contributed by atoms with Gasteiger partial charge >= 0.3 is 5.97 Å². The fourth-order valence-electron chi connectivity index (χ4n) is 4.36. The van der Waals surface area contributed by atoms with Crippen LogP contribution in [0.4, 0.5) is 8.78 Å². The van der Waals surface area contributed by atoms with Crippen molar-refractivity contribution in [3.05, 3.63) is 89.1 Å². The number of likely N-dealkylation sites (tertiary alicyclic amines) is 1. The lowest BCUT2D eigenvalue weighted by Crippen LogP contribution is -2.43. The molecule has 0 saturated carbocycles. The summed E-state index contributed by atoms with van der Waals surface area (Å²) < 4.78 is 37.8. The first-order chi connectivity index (χ1) is 17.4. The highest BCUT2D eigenvalue weighted by Gasteiger charge is 2.31. The number of carbonyl (C=O) groups is 2. The Kier molecular flexibility index (Phi) is 8.43. The first-order valence-electron chi connectivity index (χ1n) is 12.0. The smallest absolute Gasteiger partial charge is 0.310 e. The molecule has 1 aliphatic rings. The van der Waals surface area contributed by atoms with E-state index < -0.39 is 0 Å². The molecule has 36 heavy (non-hydrogen) atoms. The van der Waals surface area contributed by atoms with Crippen molar-refractivity contribution in [2.24, 2.45) is 5.92 Å². The molecule has 3 aromatic rings. The number of halogens is 2. The van der Waals surface area contributed by atoms with Gasteiger partial charge in [-0.05, 0) is 55.2 Å². The molecule has 1 atom stereocenters. The number of oxazole rings is 1. The minimum atomic E-state index is -0.341. The lowest BCUT2D eigenvalue weighted by atomic mass is 9.98. The van der Waals surface area contributed by atoms with Crippen molar-refractivity contribution in [3.8, 4) is 0 Å². The number of benzene rings is 2. The van der Waals surface area contributed by atoms with E-state index in [1.807, 2.05) is 11.0 Å². The molecule has 0 spiro atoms. The molecule has 1 saturated heterocycles. The zero-order valence-electron chi connectivity index (χ0n) is 20.2. The van der Waals surface area contributed by atoms with Crippen LogP contribution < -0.4 is 0 Å². The summed E-state index contributed by atoms with van der Waals surface area (Å²) in [4.78, 5) is 33.1. The second-order valence-corrected chi connectivity index (χ2v) is 8.87. The number of hydrogen-bond acceptors (Lipinski definition) is 6. The summed E-state index contributed by atoms with van der Waals surface area (Å²) in [5.41, 5.74) is 1.80. The number of amides is 1. The molecule has 9 heteroatoms. The van der Waals surface area contributed by atoms with E-state index in [-0.39, 0.29) is 48.2 Å². The Balaban J connectivity index is 1.45. The summed E-state index contributed by atoms with van der Waals surface area (Å²) in [6, 6.07) is 12.5. The number of piperidine rings is 1. The molecule has 0 aliphatic carbocycles. The average molecular weight is 498 g/mol. The van der Waals surface area contributed by atoms with Crippen LogP contribution >= 0.6 is 0 Å². The van der Waals surface area contributed by atoms with Gasteiger partial charge in [-0.1, -0.05) is 24.3 Å². The minimum Gasteiger partial charge on any atom is -0.466 e. The Labute approximate surface area is 208 Å². The molecule has 0 radical (unpaired) electrons. The largest absolute Gasteiger partial charge is 0.466 e. The Morgan fingerprint density at radius 3 is 2.61 bits per heavy atom. The van der Waals surface area contributed by atoms with Crippen LogP contribution in [-0.2, 0) is 29.2 Å². The van der Waals surface area contributed by atoms with Gasteiger partial charge in [0.2, 0.25) is 5.89 Å². The van der Waals surface area contributed by atoms with Crippen LogP contribution in [0.15, 0.2) is 59.2 Å². The zero-order valence-corrected chi connectivity index (χ0v) is 20.2. The summed E-state index contributed by atoms with van der Waals surface area (Å²) in [7, 11) is 0. The number of rotatable bonds is 9. The van der Waals surface area contributed by atoms with Crippen LogP contribution in [-0.4, -0.2) is 46.4 Å². The van der Waals surface area contributed by atoms with E-state index in [0.717, 1.165) is 11.1 Å². The highest BCUT2D eigenvalue weighted by molar-refractivity contribution is 5.92. The highest BCUT2D eigenvalue weighted by atomic mass is 19.1. The lowest BCUT2D eigenvalue weighted by molar-refractivity contribution is -0.149. The number of carbonyl (C=O) groups excluding carboxylic acids is 2. The van der Waals surface area contributed by atoms with Crippen molar-refractivity contribution in [1.29, 1.82) is 0 Å². The molecule has 0 N–H and O–H groups in total. The van der Waals surface area contributed by atoms with E-state index in [2.05, 4.69) is 4.98 Å². The summed E-state index contributed by atoms with van der Waals surface area (Å²) in [6.45, 7) is 3.98. The van der Waals surface area contributed by atoms with Crippen LogP contribution in [0.2, 0.25) is 0 Å². The number of ether oxygens (including phenoxy) is 1. The first kappa shape index (κ1) is 25.5. The number of nitrogens with zero attached hydrogens (tertiary/aromatic N) is 3. The molecule has 2 aromatic carbocycles. The van der Waals surface area contributed by atoms with Gasteiger partial charge in [0.25, 0.3) is 5.91 Å². The van der Waals surface area contributed by atoms with Crippen molar-refractivity contribution in [1.82, 2.24) is 14.8 Å². The van der Waals surface area contributed by atoms with Crippen molar-refractivity contribution >= 4 is 11.9 Å². The second kappa shape index (κ2) is 11.9. The Hall–Kier alpha value is -3.59. The van der Waals surface area contributed by atoms with Crippen molar-refractivity contribution in [2.45, 2.75) is 39.4 Å². The predicted molar refractivity (Wildman–Crippen MR) is 128 cm³/mol. The van der Waals surface area contributed by atoms with E-state index in [1.54, 1.807) is 30.0 Å². The van der Waals surface area contributed by atoms with Crippen LogP contribution in [0.1, 0.15) is 47.3 Å². The van der Waals surface area contributed by atoms with Crippen LogP contribution in [0.25, 0.3) is 0 Å². The Bertz CT molecular complexity index is 1180. The summed E-state index contributed by atoms with van der Waals surface area (Å²) in [5, 5.41) is 0. The molecular weight excluding hydrogens is 468 g/mol. The molecule has 190 valence electrons. The molecule has 7 nitrogen and oxygen atoms in total. The topological polar surface area (TPSA) is 75.9 Å². The first-order valence-corrected chi connectivity index (χ1v) is 12.0. The molecule has 2 heterocycles. The minimum absolute atomic E-state index is 0.169. The molecular formula is C27H29F2N3O4. The fraction of sp³-hybridized carbons (Fsp3) is 0.370. The van der Waals surface area contributed by atoms with Gasteiger partial charge in [-0.25, -0.2) is 13.8 Å². The SMILES string of the molecule is CCOC(=O)[C@@H]1CCCN(C(=O)c2coc(CN(Cc3ccc(F)cc3)Cc3cccc(F)c3)n2)C1. The van der Waals surface area contributed by atoms with E-state index in [9.17, 15) is 18.4 Å². The summed E-state index contributed by atoms with van der Waals surface area (Å²) in [6.07, 6.45) is 2.72. The van der Waals surface area contributed by atoms with Crippen LogP contribution in [0.5, 0.6) is 0 Å². The maximum atomic E-state index is 13.7. The van der Waals surface area contributed by atoms with Gasteiger partial charge in [0.05, 0.1) is 19.1 Å². The van der Waals surface area contributed by atoms with E-state index in [1.165, 1.54) is 30.5 Å². The Morgan fingerprint density at radius 2 is 1.86 bits per heavy atom.